The molecule has 1 aromatic heterocycles. The number of hydrogen-bond donors (Lipinski definition) is 1. The molecule has 0 bridgehead atoms. The van der Waals surface area contributed by atoms with Crippen molar-refractivity contribution in [3.05, 3.63) is 47.9 Å². The second-order valence-electron chi connectivity index (χ2n) is 5.63. The van der Waals surface area contributed by atoms with Crippen LogP contribution in [0.15, 0.2) is 36.5 Å². The summed E-state index contributed by atoms with van der Waals surface area (Å²) in [4.78, 5) is 20.8. The maximum atomic E-state index is 12.5. The van der Waals surface area contributed by atoms with Gasteiger partial charge in [0.15, 0.2) is 6.61 Å². The molecule has 0 aliphatic rings. The summed E-state index contributed by atoms with van der Waals surface area (Å²) in [6.07, 6.45) is -1.63. The maximum Gasteiger partial charge on any atom is 0.422 e. The van der Waals surface area contributed by atoms with Gasteiger partial charge in [-0.15, -0.1) is 0 Å². The fourth-order valence-electron chi connectivity index (χ4n) is 2.39. The van der Waals surface area contributed by atoms with Gasteiger partial charge in [-0.3, -0.25) is 4.79 Å². The zero-order valence-corrected chi connectivity index (χ0v) is 14.5. The minimum atomic E-state index is -4.39. The summed E-state index contributed by atoms with van der Waals surface area (Å²) in [6.45, 7) is 2.42. The summed E-state index contributed by atoms with van der Waals surface area (Å²) in [5.74, 6) is 0.459. The second-order valence-corrected chi connectivity index (χ2v) is 5.63. The van der Waals surface area contributed by atoms with Crippen LogP contribution in [0.3, 0.4) is 0 Å². The molecule has 0 spiro atoms. The van der Waals surface area contributed by atoms with Gasteiger partial charge in [-0.2, -0.15) is 13.2 Å². The van der Waals surface area contributed by atoms with Crippen molar-refractivity contribution in [2.45, 2.75) is 38.8 Å². The smallest absolute Gasteiger partial charge is 0.422 e. The molecular formula is C18H20F3N3O2. The van der Waals surface area contributed by atoms with Gasteiger partial charge in [0.05, 0.1) is 5.92 Å². The van der Waals surface area contributed by atoms with E-state index in [0.717, 1.165) is 0 Å². The largest absolute Gasteiger partial charge is 0.484 e. The van der Waals surface area contributed by atoms with Gasteiger partial charge in [-0.05, 0) is 30.2 Å². The van der Waals surface area contributed by atoms with Crippen molar-refractivity contribution in [2.75, 3.05) is 11.9 Å². The van der Waals surface area contributed by atoms with Gasteiger partial charge in [-0.1, -0.05) is 26.0 Å². The highest BCUT2D eigenvalue weighted by molar-refractivity contribution is 5.95. The average Bonchev–Trinajstić information content (AvgIpc) is 2.61. The Morgan fingerprint density at radius 1 is 1.19 bits per heavy atom. The summed E-state index contributed by atoms with van der Waals surface area (Å²) < 4.78 is 41.2. The summed E-state index contributed by atoms with van der Waals surface area (Å²) >= 11 is 0. The molecule has 1 heterocycles. The SMILES string of the molecule is CCc1nccc(NC(=O)C(CC)c2ccc(OCC(F)(F)F)cc2)n1. The second kappa shape index (κ2) is 8.64. The number of halogens is 3. The van der Waals surface area contributed by atoms with Crippen LogP contribution in [0, 0.1) is 0 Å². The van der Waals surface area contributed by atoms with Crippen molar-refractivity contribution in [3.63, 3.8) is 0 Å². The molecule has 0 fully saturated rings. The Kier molecular flexibility index (Phi) is 6.54. The molecule has 1 amide bonds. The number of amides is 1. The molecule has 1 aromatic carbocycles. The molecule has 1 N–H and O–H groups in total. The first-order valence-corrected chi connectivity index (χ1v) is 8.24. The van der Waals surface area contributed by atoms with Crippen LogP contribution in [0.2, 0.25) is 0 Å². The number of hydrogen-bond acceptors (Lipinski definition) is 4. The van der Waals surface area contributed by atoms with E-state index in [0.29, 0.717) is 30.0 Å². The van der Waals surface area contributed by atoms with E-state index in [1.54, 1.807) is 24.4 Å². The first-order chi connectivity index (χ1) is 12.3. The molecule has 2 rings (SSSR count). The van der Waals surface area contributed by atoms with Crippen LogP contribution in [0.1, 0.15) is 37.6 Å². The molecule has 2 aromatic rings. The fourth-order valence-corrected chi connectivity index (χ4v) is 2.39. The third-order valence-corrected chi connectivity index (χ3v) is 3.68. The monoisotopic (exact) mass is 367 g/mol. The lowest BCUT2D eigenvalue weighted by Crippen LogP contribution is -2.22. The highest BCUT2D eigenvalue weighted by Gasteiger charge is 2.28. The molecule has 1 unspecified atom stereocenters. The molecule has 8 heteroatoms. The number of rotatable bonds is 7. The molecule has 0 aliphatic heterocycles. The third-order valence-electron chi connectivity index (χ3n) is 3.68. The summed E-state index contributed by atoms with van der Waals surface area (Å²) in [7, 11) is 0. The van der Waals surface area contributed by atoms with Crippen molar-refractivity contribution >= 4 is 11.7 Å². The summed E-state index contributed by atoms with van der Waals surface area (Å²) in [5.41, 5.74) is 0.689. The van der Waals surface area contributed by atoms with Crippen molar-refractivity contribution < 1.29 is 22.7 Å². The van der Waals surface area contributed by atoms with Crippen LogP contribution in [-0.4, -0.2) is 28.7 Å². The quantitative estimate of drug-likeness (QED) is 0.800. The van der Waals surface area contributed by atoms with E-state index in [9.17, 15) is 18.0 Å². The van der Waals surface area contributed by atoms with E-state index < -0.39 is 18.7 Å². The van der Waals surface area contributed by atoms with Gasteiger partial charge in [-0.25, -0.2) is 9.97 Å². The maximum absolute atomic E-state index is 12.5. The predicted molar refractivity (Wildman–Crippen MR) is 91.1 cm³/mol. The Morgan fingerprint density at radius 3 is 2.46 bits per heavy atom. The third kappa shape index (κ3) is 5.72. The van der Waals surface area contributed by atoms with Crippen LogP contribution in [0.4, 0.5) is 19.0 Å². The van der Waals surface area contributed by atoms with Crippen molar-refractivity contribution in [1.82, 2.24) is 9.97 Å². The molecule has 1 atom stereocenters. The average molecular weight is 367 g/mol. The van der Waals surface area contributed by atoms with Crippen molar-refractivity contribution in [1.29, 1.82) is 0 Å². The van der Waals surface area contributed by atoms with E-state index in [1.165, 1.54) is 12.1 Å². The topological polar surface area (TPSA) is 64.1 Å². The Hall–Kier alpha value is -2.64. The minimum Gasteiger partial charge on any atom is -0.484 e. The van der Waals surface area contributed by atoms with Gasteiger partial charge in [0.25, 0.3) is 0 Å². The number of carbonyl (C=O) groups excluding carboxylic acids is 1. The van der Waals surface area contributed by atoms with Gasteiger partial charge in [0.2, 0.25) is 5.91 Å². The number of carbonyl (C=O) groups is 1. The number of nitrogens with zero attached hydrogens (tertiary/aromatic N) is 2. The number of ether oxygens (including phenoxy) is 1. The van der Waals surface area contributed by atoms with Gasteiger partial charge < -0.3 is 10.1 Å². The summed E-state index contributed by atoms with van der Waals surface area (Å²) in [6, 6.07) is 7.65. The van der Waals surface area contributed by atoms with Crippen molar-refractivity contribution in [2.24, 2.45) is 0 Å². The summed E-state index contributed by atoms with van der Waals surface area (Å²) in [5, 5.41) is 2.76. The Morgan fingerprint density at radius 2 is 1.88 bits per heavy atom. The number of anilines is 1. The normalized spacial score (nSPS) is 12.5. The van der Waals surface area contributed by atoms with Crippen LogP contribution in [0.25, 0.3) is 0 Å². The van der Waals surface area contributed by atoms with E-state index >= 15 is 0 Å². The van der Waals surface area contributed by atoms with E-state index in [1.807, 2.05) is 13.8 Å². The van der Waals surface area contributed by atoms with Gasteiger partial charge >= 0.3 is 6.18 Å². The standard InChI is InChI=1S/C18H20F3N3O2/c1-3-14(17(25)24-16-9-10-22-15(4-2)23-16)12-5-7-13(8-6-12)26-11-18(19,20)21/h5-10,14H,3-4,11H2,1-2H3,(H,22,23,24,25). The molecule has 0 saturated carbocycles. The van der Waals surface area contributed by atoms with Crippen LogP contribution in [0.5, 0.6) is 5.75 Å². The van der Waals surface area contributed by atoms with Crippen LogP contribution < -0.4 is 10.1 Å². The van der Waals surface area contributed by atoms with Crippen molar-refractivity contribution in [3.8, 4) is 5.75 Å². The highest BCUT2D eigenvalue weighted by Crippen LogP contribution is 2.25. The lowest BCUT2D eigenvalue weighted by molar-refractivity contribution is -0.153. The van der Waals surface area contributed by atoms with E-state index in [4.69, 9.17) is 0 Å². The fraction of sp³-hybridized carbons (Fsp3) is 0.389. The lowest BCUT2D eigenvalue weighted by Gasteiger charge is -2.16. The molecule has 0 radical (unpaired) electrons. The van der Waals surface area contributed by atoms with Crippen LogP contribution >= 0.6 is 0 Å². The van der Waals surface area contributed by atoms with E-state index in [2.05, 4.69) is 20.0 Å². The molecule has 26 heavy (non-hydrogen) atoms. The number of nitrogens with one attached hydrogen (secondary N) is 1. The zero-order chi connectivity index (χ0) is 19.2. The predicted octanol–water partition coefficient (Wildman–Crippen LogP) is 4.11. The zero-order valence-electron chi connectivity index (χ0n) is 14.5. The number of aromatic nitrogens is 2. The number of aryl methyl sites for hydroxylation is 1. The molecule has 0 saturated heterocycles. The number of benzene rings is 1. The van der Waals surface area contributed by atoms with Crippen LogP contribution in [-0.2, 0) is 11.2 Å². The van der Waals surface area contributed by atoms with E-state index in [-0.39, 0.29) is 11.7 Å². The first-order valence-electron chi connectivity index (χ1n) is 8.24. The van der Waals surface area contributed by atoms with Gasteiger partial charge in [0.1, 0.15) is 17.4 Å². The minimum absolute atomic E-state index is 0.102. The Bertz CT molecular complexity index is 733. The lowest BCUT2D eigenvalue weighted by atomic mass is 9.95. The molecule has 5 nitrogen and oxygen atoms in total. The molecular weight excluding hydrogens is 347 g/mol. The molecule has 0 aliphatic carbocycles. The molecule has 140 valence electrons. The highest BCUT2D eigenvalue weighted by atomic mass is 19.4. The van der Waals surface area contributed by atoms with Gasteiger partial charge in [0, 0.05) is 12.6 Å². The Balaban J connectivity index is 2.05. The number of alkyl halides is 3. The Labute approximate surface area is 149 Å². The first kappa shape index (κ1) is 19.7.